The summed E-state index contributed by atoms with van der Waals surface area (Å²) in [4.78, 5) is 0. The van der Waals surface area contributed by atoms with Gasteiger partial charge in [0.2, 0.25) is 0 Å². The molecule has 0 radical (unpaired) electrons. The van der Waals surface area contributed by atoms with Crippen molar-refractivity contribution in [2.75, 3.05) is 13.2 Å². The Bertz CT molecular complexity index is 390. The molecule has 0 saturated carbocycles. The molecule has 0 aliphatic heterocycles. The molecule has 1 unspecified atom stereocenters. The van der Waals surface area contributed by atoms with E-state index in [1.54, 1.807) is 17.6 Å². The van der Waals surface area contributed by atoms with Gasteiger partial charge in [-0.1, -0.05) is 0 Å². The van der Waals surface area contributed by atoms with Gasteiger partial charge < -0.3 is 20.1 Å². The topological polar surface area (TPSA) is 81.2 Å². The normalized spacial score (nSPS) is 14.4. The monoisotopic (exact) mass is 223 g/mol. The smallest absolute Gasteiger partial charge is 0.120 e. The number of aryl methyl sites for hydroxylation is 1. The molecule has 1 heterocycles. The molecule has 5 nitrogen and oxygen atoms in total. The maximum absolute atomic E-state index is 9.54. The van der Waals surface area contributed by atoms with Gasteiger partial charge in [-0.05, 0) is 18.6 Å². The summed E-state index contributed by atoms with van der Waals surface area (Å²) in [7, 11) is 1.81. The molecule has 0 amide bonds. The van der Waals surface area contributed by atoms with E-state index in [4.69, 9.17) is 10.4 Å². The van der Waals surface area contributed by atoms with Gasteiger partial charge in [-0.2, -0.15) is 5.26 Å². The quantitative estimate of drug-likeness (QED) is 0.642. The summed E-state index contributed by atoms with van der Waals surface area (Å²) in [6, 6.07) is 3.87. The second-order valence-electron chi connectivity index (χ2n) is 4.21. The van der Waals surface area contributed by atoms with Gasteiger partial charge in [-0.25, -0.2) is 0 Å². The van der Waals surface area contributed by atoms with Crippen molar-refractivity contribution in [3.05, 3.63) is 23.5 Å². The van der Waals surface area contributed by atoms with E-state index in [2.05, 4.69) is 11.4 Å². The molecule has 0 aliphatic carbocycles. The van der Waals surface area contributed by atoms with E-state index in [1.807, 2.05) is 13.2 Å². The molecule has 1 aromatic rings. The fourth-order valence-corrected chi connectivity index (χ4v) is 1.37. The molecule has 0 saturated heterocycles. The van der Waals surface area contributed by atoms with E-state index in [0.717, 1.165) is 5.56 Å². The molecule has 5 heteroatoms. The molecule has 0 bridgehead atoms. The molecule has 0 aromatic carbocycles. The summed E-state index contributed by atoms with van der Waals surface area (Å²) in [5, 5.41) is 30.2. The van der Waals surface area contributed by atoms with Crippen LogP contribution in [0.1, 0.15) is 18.2 Å². The molecule has 0 spiro atoms. The van der Waals surface area contributed by atoms with Gasteiger partial charge in [0.25, 0.3) is 0 Å². The van der Waals surface area contributed by atoms with Crippen LogP contribution < -0.4 is 5.32 Å². The number of hydrogen-bond acceptors (Lipinski definition) is 4. The third kappa shape index (κ3) is 3.35. The summed E-state index contributed by atoms with van der Waals surface area (Å²) < 4.78 is 1.75. The van der Waals surface area contributed by atoms with Crippen LogP contribution in [0.4, 0.5) is 0 Å². The van der Waals surface area contributed by atoms with Crippen LogP contribution >= 0.6 is 0 Å². The second-order valence-corrected chi connectivity index (χ2v) is 4.21. The zero-order valence-corrected chi connectivity index (χ0v) is 9.56. The average Bonchev–Trinajstić information content (AvgIpc) is 2.59. The summed E-state index contributed by atoms with van der Waals surface area (Å²) in [5.41, 5.74) is 0.478. The maximum Gasteiger partial charge on any atom is 0.120 e. The molecule has 1 rings (SSSR count). The van der Waals surface area contributed by atoms with Crippen LogP contribution in [0, 0.1) is 11.3 Å². The van der Waals surface area contributed by atoms with Crippen molar-refractivity contribution in [1.29, 1.82) is 5.26 Å². The first-order valence-electron chi connectivity index (χ1n) is 5.08. The zero-order chi connectivity index (χ0) is 12.2. The Hall–Kier alpha value is -1.35. The Balaban J connectivity index is 2.47. The lowest BCUT2D eigenvalue weighted by Gasteiger charge is -2.20. The Kier molecular flexibility index (Phi) is 4.07. The minimum atomic E-state index is -1.10. The van der Waals surface area contributed by atoms with Crippen LogP contribution in [-0.2, 0) is 13.6 Å². The largest absolute Gasteiger partial charge is 0.393 e. The number of rotatable bonds is 5. The van der Waals surface area contributed by atoms with Crippen molar-refractivity contribution in [3.63, 3.8) is 0 Å². The van der Waals surface area contributed by atoms with E-state index in [0.29, 0.717) is 18.8 Å². The highest BCUT2D eigenvalue weighted by Crippen LogP contribution is 2.06. The van der Waals surface area contributed by atoms with Gasteiger partial charge in [0.1, 0.15) is 11.8 Å². The number of nitriles is 1. The van der Waals surface area contributed by atoms with E-state index >= 15 is 0 Å². The number of aliphatic hydroxyl groups excluding tert-OH is 1. The SMILES string of the molecule is Cn1cc(CNCC(C)(O)CO)cc1C#N. The van der Waals surface area contributed by atoms with Crippen molar-refractivity contribution in [3.8, 4) is 6.07 Å². The summed E-state index contributed by atoms with van der Waals surface area (Å²) in [6.07, 6.45) is 1.86. The van der Waals surface area contributed by atoms with Crippen molar-refractivity contribution in [2.24, 2.45) is 7.05 Å². The van der Waals surface area contributed by atoms with Gasteiger partial charge in [-0.3, -0.25) is 0 Å². The van der Waals surface area contributed by atoms with Gasteiger partial charge >= 0.3 is 0 Å². The van der Waals surface area contributed by atoms with E-state index in [1.165, 1.54) is 0 Å². The molecule has 1 atom stereocenters. The lowest BCUT2D eigenvalue weighted by Crippen LogP contribution is -2.40. The van der Waals surface area contributed by atoms with Crippen LogP contribution in [0.25, 0.3) is 0 Å². The third-order valence-electron chi connectivity index (χ3n) is 2.35. The van der Waals surface area contributed by atoms with Crippen molar-refractivity contribution >= 4 is 0 Å². The van der Waals surface area contributed by atoms with Crippen molar-refractivity contribution in [2.45, 2.75) is 19.1 Å². The molecule has 0 aliphatic rings. The zero-order valence-electron chi connectivity index (χ0n) is 9.56. The molecular formula is C11H17N3O2. The Morgan fingerprint density at radius 2 is 2.31 bits per heavy atom. The highest BCUT2D eigenvalue weighted by atomic mass is 16.3. The summed E-state index contributed by atoms with van der Waals surface area (Å²) >= 11 is 0. The van der Waals surface area contributed by atoms with Crippen LogP contribution in [0.15, 0.2) is 12.3 Å². The first-order valence-corrected chi connectivity index (χ1v) is 5.08. The summed E-state index contributed by atoms with van der Waals surface area (Å²) in [5.74, 6) is 0. The van der Waals surface area contributed by atoms with Gasteiger partial charge in [0, 0.05) is 26.3 Å². The molecule has 3 N–H and O–H groups in total. The predicted octanol–water partition coefficient (Wildman–Crippen LogP) is -0.270. The predicted molar refractivity (Wildman–Crippen MR) is 59.5 cm³/mol. The fraction of sp³-hybridized carbons (Fsp3) is 0.545. The number of hydrogen-bond donors (Lipinski definition) is 3. The lowest BCUT2D eigenvalue weighted by atomic mass is 10.1. The van der Waals surface area contributed by atoms with Gasteiger partial charge in [0.05, 0.1) is 12.2 Å². The number of nitrogens with one attached hydrogen (secondary N) is 1. The molecular weight excluding hydrogens is 206 g/mol. The van der Waals surface area contributed by atoms with Crippen LogP contribution in [0.5, 0.6) is 0 Å². The highest BCUT2D eigenvalue weighted by Gasteiger charge is 2.17. The second kappa shape index (κ2) is 5.12. The number of nitrogens with zero attached hydrogens (tertiary/aromatic N) is 2. The van der Waals surface area contributed by atoms with Crippen LogP contribution in [0.2, 0.25) is 0 Å². The average molecular weight is 223 g/mol. The Morgan fingerprint density at radius 3 is 2.81 bits per heavy atom. The van der Waals surface area contributed by atoms with Gasteiger partial charge in [0.15, 0.2) is 0 Å². The first kappa shape index (κ1) is 12.7. The minimum Gasteiger partial charge on any atom is -0.393 e. The van der Waals surface area contributed by atoms with Crippen LogP contribution in [0.3, 0.4) is 0 Å². The molecule has 16 heavy (non-hydrogen) atoms. The molecule has 1 aromatic heterocycles. The van der Waals surface area contributed by atoms with E-state index in [9.17, 15) is 5.11 Å². The lowest BCUT2D eigenvalue weighted by molar-refractivity contribution is 0.00254. The summed E-state index contributed by atoms with van der Waals surface area (Å²) in [6.45, 7) is 2.15. The van der Waals surface area contributed by atoms with Crippen molar-refractivity contribution in [1.82, 2.24) is 9.88 Å². The maximum atomic E-state index is 9.54. The Morgan fingerprint density at radius 1 is 1.62 bits per heavy atom. The molecule has 0 fully saturated rings. The van der Waals surface area contributed by atoms with Gasteiger partial charge in [-0.15, -0.1) is 0 Å². The van der Waals surface area contributed by atoms with Crippen LogP contribution in [-0.4, -0.2) is 33.5 Å². The van der Waals surface area contributed by atoms with E-state index in [-0.39, 0.29) is 6.61 Å². The Labute approximate surface area is 94.9 Å². The van der Waals surface area contributed by atoms with E-state index < -0.39 is 5.60 Å². The number of aromatic nitrogens is 1. The first-order chi connectivity index (χ1) is 7.48. The standard InChI is InChI=1S/C11H17N3O2/c1-11(16,8-15)7-13-5-9-3-10(4-12)14(2)6-9/h3,6,13,15-16H,5,7-8H2,1-2H3. The highest BCUT2D eigenvalue weighted by molar-refractivity contribution is 5.28. The third-order valence-corrected chi connectivity index (χ3v) is 2.35. The number of aliphatic hydroxyl groups is 2. The van der Waals surface area contributed by atoms with Crippen molar-refractivity contribution < 1.29 is 10.2 Å². The molecule has 88 valence electrons. The fourth-order valence-electron chi connectivity index (χ4n) is 1.37. The minimum absolute atomic E-state index is 0.280.